The van der Waals surface area contributed by atoms with E-state index in [0.29, 0.717) is 28.9 Å². The average molecular weight is 460 g/mol. The molecule has 1 fully saturated rings. The molecule has 31 heavy (non-hydrogen) atoms. The van der Waals surface area contributed by atoms with Gasteiger partial charge in [-0.05, 0) is 43.5 Å². The maximum Gasteiger partial charge on any atom is 0.229 e. The van der Waals surface area contributed by atoms with Gasteiger partial charge >= 0.3 is 0 Å². The Kier molecular flexibility index (Phi) is 6.67. The fraction of sp³-hybridized carbons (Fsp3) is 0.318. The van der Waals surface area contributed by atoms with Crippen molar-refractivity contribution < 1.29 is 9.18 Å². The minimum atomic E-state index is -0.430. The lowest BCUT2D eigenvalue weighted by Crippen LogP contribution is -2.22. The molecule has 2 aromatic heterocycles. The maximum absolute atomic E-state index is 14.5. The zero-order valence-electron chi connectivity index (χ0n) is 17.1. The van der Waals surface area contributed by atoms with Gasteiger partial charge in [-0.15, -0.1) is 11.3 Å². The van der Waals surface area contributed by atoms with Crippen LogP contribution in [0.2, 0.25) is 5.02 Å². The van der Waals surface area contributed by atoms with Crippen LogP contribution in [0, 0.1) is 12.7 Å². The Morgan fingerprint density at radius 3 is 2.65 bits per heavy atom. The van der Waals surface area contributed by atoms with Crippen LogP contribution in [-0.2, 0) is 17.8 Å². The smallest absolute Gasteiger partial charge is 0.229 e. The van der Waals surface area contributed by atoms with Gasteiger partial charge in [0.05, 0.1) is 17.1 Å². The zero-order chi connectivity index (χ0) is 21.8. The average Bonchev–Trinajstić information content (AvgIpc) is 3.42. The Balaban J connectivity index is 1.35. The molecule has 9 heteroatoms. The topological polar surface area (TPSA) is 70.2 Å². The van der Waals surface area contributed by atoms with Crippen molar-refractivity contribution in [2.75, 3.05) is 28.6 Å². The normalized spacial score (nSPS) is 13.5. The van der Waals surface area contributed by atoms with Gasteiger partial charge in [-0.3, -0.25) is 4.79 Å². The molecule has 0 radical (unpaired) electrons. The number of anilines is 3. The van der Waals surface area contributed by atoms with E-state index in [1.54, 1.807) is 13.0 Å². The summed E-state index contributed by atoms with van der Waals surface area (Å²) in [5.41, 5.74) is 1.99. The molecule has 1 saturated heterocycles. The Bertz CT molecular complexity index is 1070. The molecule has 0 atom stereocenters. The largest absolute Gasteiger partial charge is 0.363 e. The summed E-state index contributed by atoms with van der Waals surface area (Å²) in [4.78, 5) is 23.9. The Labute approximate surface area is 189 Å². The van der Waals surface area contributed by atoms with Crippen LogP contribution in [0.4, 0.5) is 21.8 Å². The fourth-order valence-electron chi connectivity index (χ4n) is 3.42. The van der Waals surface area contributed by atoms with Crippen LogP contribution in [0.1, 0.15) is 29.0 Å². The second kappa shape index (κ2) is 9.62. The van der Waals surface area contributed by atoms with E-state index in [2.05, 4.69) is 25.5 Å². The molecule has 0 unspecified atom stereocenters. The molecular weight excluding hydrogens is 437 g/mol. The number of thiophene rings is 1. The lowest BCUT2D eigenvalue weighted by atomic mass is 10.2. The number of amides is 1. The third-order valence-electron chi connectivity index (χ3n) is 5.05. The van der Waals surface area contributed by atoms with E-state index >= 15 is 0 Å². The number of nitrogens with one attached hydrogen (secondary N) is 2. The highest BCUT2D eigenvalue weighted by Crippen LogP contribution is 2.23. The molecule has 0 spiro atoms. The monoisotopic (exact) mass is 459 g/mol. The minimum Gasteiger partial charge on any atom is -0.363 e. The van der Waals surface area contributed by atoms with Crippen LogP contribution in [0.3, 0.4) is 0 Å². The highest BCUT2D eigenvalue weighted by molar-refractivity contribution is 7.10. The Hall–Kier alpha value is -2.71. The van der Waals surface area contributed by atoms with Gasteiger partial charge in [-0.25, -0.2) is 9.37 Å². The van der Waals surface area contributed by atoms with Crippen molar-refractivity contribution >= 4 is 46.3 Å². The highest BCUT2D eigenvalue weighted by Gasteiger charge is 2.19. The van der Waals surface area contributed by atoms with Crippen molar-refractivity contribution in [3.63, 3.8) is 0 Å². The summed E-state index contributed by atoms with van der Waals surface area (Å²) in [5, 5.41) is 8.41. The lowest BCUT2D eigenvalue weighted by Gasteiger charge is -2.17. The van der Waals surface area contributed by atoms with Crippen molar-refractivity contribution in [2.45, 2.75) is 32.7 Å². The molecule has 162 valence electrons. The molecular formula is C22H23ClFN5OS. The maximum atomic E-state index is 14.5. The van der Waals surface area contributed by atoms with E-state index in [0.717, 1.165) is 36.4 Å². The summed E-state index contributed by atoms with van der Waals surface area (Å²) >= 11 is 7.36. The van der Waals surface area contributed by atoms with E-state index in [4.69, 9.17) is 11.6 Å². The first-order valence-corrected chi connectivity index (χ1v) is 11.4. The van der Waals surface area contributed by atoms with Crippen LogP contribution in [0.25, 0.3) is 0 Å². The molecule has 1 aliphatic rings. The van der Waals surface area contributed by atoms with E-state index < -0.39 is 5.82 Å². The van der Waals surface area contributed by atoms with Crippen LogP contribution in [0.5, 0.6) is 0 Å². The number of hydrogen-bond acceptors (Lipinski definition) is 6. The number of aromatic nitrogens is 2. The number of aryl methyl sites for hydroxylation is 1. The van der Waals surface area contributed by atoms with E-state index in [1.807, 2.05) is 29.6 Å². The molecule has 4 rings (SSSR count). The highest BCUT2D eigenvalue weighted by atomic mass is 35.5. The number of hydrogen-bond donors (Lipinski definition) is 2. The number of halogens is 2. The van der Waals surface area contributed by atoms with Gasteiger partial charge in [0.15, 0.2) is 11.6 Å². The van der Waals surface area contributed by atoms with Gasteiger partial charge in [0.1, 0.15) is 0 Å². The van der Waals surface area contributed by atoms with Crippen LogP contribution in [-0.4, -0.2) is 29.0 Å². The standard InChI is InChI=1S/C22H23ClFN5OS/c1-14-20(24)21(28-22(26-14)29-8-2-3-9-29)25-12-15-4-6-17(7-5-15)27-19(30)11-18-10-16(23)13-31-18/h4-7,10,13H,2-3,8-9,11-12H2,1H3,(H,27,30)(H,25,26,28). The molecule has 0 saturated carbocycles. The molecule has 3 aromatic rings. The summed E-state index contributed by atoms with van der Waals surface area (Å²) in [5.74, 6) is 0.253. The summed E-state index contributed by atoms with van der Waals surface area (Å²) in [6.45, 7) is 3.87. The first-order chi connectivity index (χ1) is 15.0. The number of nitrogens with zero attached hydrogens (tertiary/aromatic N) is 3. The van der Waals surface area contributed by atoms with Gasteiger partial charge in [0, 0.05) is 35.6 Å². The summed E-state index contributed by atoms with van der Waals surface area (Å²) in [6, 6.07) is 9.22. The van der Waals surface area contributed by atoms with E-state index in [1.165, 1.54) is 11.3 Å². The van der Waals surface area contributed by atoms with E-state index in [-0.39, 0.29) is 18.1 Å². The second-order valence-electron chi connectivity index (χ2n) is 7.47. The van der Waals surface area contributed by atoms with Gasteiger partial charge < -0.3 is 15.5 Å². The van der Waals surface area contributed by atoms with Crippen LogP contribution in [0.15, 0.2) is 35.7 Å². The number of benzene rings is 1. The SMILES string of the molecule is Cc1nc(N2CCCC2)nc(NCc2ccc(NC(=O)Cc3cc(Cl)cs3)cc2)c1F. The third kappa shape index (κ3) is 5.51. The Morgan fingerprint density at radius 1 is 1.23 bits per heavy atom. The molecule has 0 aliphatic carbocycles. The van der Waals surface area contributed by atoms with Crippen molar-refractivity contribution in [3.05, 3.63) is 62.7 Å². The molecule has 0 bridgehead atoms. The van der Waals surface area contributed by atoms with Gasteiger partial charge in [0.25, 0.3) is 0 Å². The first kappa shape index (κ1) is 21.5. The van der Waals surface area contributed by atoms with Crippen molar-refractivity contribution in [1.82, 2.24) is 9.97 Å². The Morgan fingerprint density at radius 2 is 1.97 bits per heavy atom. The first-order valence-electron chi connectivity index (χ1n) is 10.1. The van der Waals surface area contributed by atoms with Crippen molar-refractivity contribution in [3.8, 4) is 0 Å². The van der Waals surface area contributed by atoms with Crippen molar-refractivity contribution in [1.29, 1.82) is 0 Å². The van der Waals surface area contributed by atoms with Gasteiger partial charge in [-0.2, -0.15) is 4.98 Å². The molecule has 1 aromatic carbocycles. The summed E-state index contributed by atoms with van der Waals surface area (Å²) in [6.07, 6.45) is 2.49. The molecule has 1 aliphatic heterocycles. The summed E-state index contributed by atoms with van der Waals surface area (Å²) in [7, 11) is 0. The van der Waals surface area contributed by atoms with E-state index in [9.17, 15) is 9.18 Å². The predicted octanol–water partition coefficient (Wildman–Crippen LogP) is 5.03. The zero-order valence-corrected chi connectivity index (χ0v) is 18.7. The lowest BCUT2D eigenvalue weighted by molar-refractivity contribution is -0.115. The minimum absolute atomic E-state index is 0.0997. The van der Waals surface area contributed by atoms with Crippen molar-refractivity contribution in [2.24, 2.45) is 0 Å². The molecule has 6 nitrogen and oxygen atoms in total. The fourth-order valence-corrected chi connectivity index (χ4v) is 4.49. The number of carbonyl (C=O) groups is 1. The van der Waals surface area contributed by atoms with Gasteiger partial charge in [-0.1, -0.05) is 23.7 Å². The second-order valence-corrected chi connectivity index (χ2v) is 8.90. The summed E-state index contributed by atoms with van der Waals surface area (Å²) < 4.78 is 14.5. The molecule has 3 heterocycles. The quantitative estimate of drug-likeness (QED) is 0.518. The molecule has 1 amide bonds. The van der Waals surface area contributed by atoms with Crippen LogP contribution < -0.4 is 15.5 Å². The third-order valence-corrected chi connectivity index (χ3v) is 6.33. The van der Waals surface area contributed by atoms with Gasteiger partial charge in [0.2, 0.25) is 11.9 Å². The molecule has 2 N–H and O–H groups in total. The number of carbonyl (C=O) groups excluding carboxylic acids is 1. The number of rotatable bonds is 7. The predicted molar refractivity (Wildman–Crippen MR) is 124 cm³/mol. The van der Waals surface area contributed by atoms with Crippen LogP contribution >= 0.6 is 22.9 Å².